The zero-order chi connectivity index (χ0) is 20.3. The average Bonchev–Trinajstić information content (AvgIpc) is 2.71. The van der Waals surface area contributed by atoms with E-state index in [9.17, 15) is 18.0 Å². The Morgan fingerprint density at radius 1 is 1.07 bits per heavy atom. The lowest BCUT2D eigenvalue weighted by molar-refractivity contribution is -0.121. The number of aryl methyl sites for hydroxylation is 1. The van der Waals surface area contributed by atoms with Crippen LogP contribution in [0.25, 0.3) is 0 Å². The molecule has 0 unspecified atom stereocenters. The molecule has 0 bridgehead atoms. The Labute approximate surface area is 164 Å². The van der Waals surface area contributed by atoms with Crippen LogP contribution in [-0.4, -0.2) is 51.8 Å². The van der Waals surface area contributed by atoms with Gasteiger partial charge in [0.1, 0.15) is 0 Å². The number of nitrogens with zero attached hydrogens (tertiary/aromatic N) is 2. The molecule has 0 spiro atoms. The van der Waals surface area contributed by atoms with Crippen molar-refractivity contribution in [2.75, 3.05) is 32.1 Å². The maximum atomic E-state index is 12.5. The van der Waals surface area contributed by atoms with Crippen molar-refractivity contribution in [1.29, 1.82) is 0 Å². The molecule has 1 aliphatic heterocycles. The van der Waals surface area contributed by atoms with Gasteiger partial charge >= 0.3 is 5.97 Å². The Balaban J connectivity index is 1.64. The Bertz CT molecular complexity index is 984. The molecule has 1 amide bonds. The first-order valence-electron chi connectivity index (χ1n) is 8.88. The molecular weight excluding hydrogens is 380 g/mol. The number of rotatable bonds is 5. The van der Waals surface area contributed by atoms with E-state index in [1.165, 1.54) is 38.4 Å². The van der Waals surface area contributed by atoms with Crippen LogP contribution in [0.5, 0.6) is 0 Å². The molecule has 0 atom stereocenters. The maximum absolute atomic E-state index is 12.5. The third-order valence-corrected chi connectivity index (χ3v) is 6.44. The first kappa shape index (κ1) is 20.0. The van der Waals surface area contributed by atoms with Crippen LogP contribution in [-0.2, 0) is 26.0 Å². The number of anilines is 1. The fourth-order valence-corrected chi connectivity index (χ4v) is 3.96. The molecule has 0 saturated heterocycles. The van der Waals surface area contributed by atoms with Crippen LogP contribution in [0.3, 0.4) is 0 Å². The molecule has 3 rings (SSSR count). The minimum Gasteiger partial charge on any atom is -0.452 e. The summed E-state index contributed by atoms with van der Waals surface area (Å²) in [5.41, 5.74) is 2.14. The molecule has 0 saturated carbocycles. The van der Waals surface area contributed by atoms with E-state index in [4.69, 9.17) is 4.74 Å². The summed E-state index contributed by atoms with van der Waals surface area (Å²) in [4.78, 5) is 26.5. The summed E-state index contributed by atoms with van der Waals surface area (Å²) in [7, 11) is -0.703. The number of ether oxygens (including phenoxy) is 1. The van der Waals surface area contributed by atoms with Gasteiger partial charge in [-0.15, -0.1) is 0 Å². The highest BCUT2D eigenvalue weighted by Crippen LogP contribution is 2.26. The molecule has 148 valence electrons. The molecule has 0 aromatic heterocycles. The summed E-state index contributed by atoms with van der Waals surface area (Å²) in [6.07, 6.45) is 1.78. The van der Waals surface area contributed by atoms with Gasteiger partial charge < -0.3 is 9.64 Å². The smallest absolute Gasteiger partial charge is 0.338 e. The van der Waals surface area contributed by atoms with E-state index in [1.54, 1.807) is 4.90 Å². The van der Waals surface area contributed by atoms with Crippen molar-refractivity contribution >= 4 is 27.6 Å². The second-order valence-corrected chi connectivity index (χ2v) is 8.82. The molecule has 0 N–H and O–H groups in total. The van der Waals surface area contributed by atoms with Crippen molar-refractivity contribution in [3.63, 3.8) is 0 Å². The van der Waals surface area contributed by atoms with Crippen LogP contribution < -0.4 is 4.90 Å². The van der Waals surface area contributed by atoms with Crippen LogP contribution in [0.4, 0.5) is 5.69 Å². The van der Waals surface area contributed by atoms with E-state index in [2.05, 4.69) is 0 Å². The number of amides is 1. The number of sulfonamides is 1. The summed E-state index contributed by atoms with van der Waals surface area (Å²) in [5.74, 6) is -0.959. The number of benzene rings is 2. The van der Waals surface area contributed by atoms with E-state index in [0.29, 0.717) is 6.54 Å². The van der Waals surface area contributed by atoms with Gasteiger partial charge in [0.15, 0.2) is 6.61 Å². The topological polar surface area (TPSA) is 84.0 Å². The van der Waals surface area contributed by atoms with Gasteiger partial charge in [0.05, 0.1) is 10.5 Å². The molecule has 28 heavy (non-hydrogen) atoms. The molecule has 2 aromatic carbocycles. The monoisotopic (exact) mass is 402 g/mol. The molecule has 7 nitrogen and oxygen atoms in total. The molecule has 1 heterocycles. The first-order valence-corrected chi connectivity index (χ1v) is 10.3. The fraction of sp³-hybridized carbons (Fsp3) is 0.300. The molecule has 8 heteroatoms. The van der Waals surface area contributed by atoms with Crippen molar-refractivity contribution in [2.24, 2.45) is 0 Å². The van der Waals surface area contributed by atoms with Crippen molar-refractivity contribution in [3.8, 4) is 0 Å². The highest BCUT2D eigenvalue weighted by atomic mass is 32.2. The summed E-state index contributed by atoms with van der Waals surface area (Å²) in [5, 5.41) is 0. The second-order valence-electron chi connectivity index (χ2n) is 6.67. The van der Waals surface area contributed by atoms with Gasteiger partial charge in [0.25, 0.3) is 5.91 Å². The Kier molecular flexibility index (Phi) is 5.81. The van der Waals surface area contributed by atoms with Gasteiger partial charge in [0, 0.05) is 26.3 Å². The zero-order valence-electron chi connectivity index (χ0n) is 15.8. The fourth-order valence-electron chi connectivity index (χ4n) is 3.06. The number of fused-ring (bicyclic) bond motifs is 1. The molecule has 2 aromatic rings. The number of hydrogen-bond donors (Lipinski definition) is 0. The van der Waals surface area contributed by atoms with Gasteiger partial charge in [-0.05, 0) is 48.7 Å². The molecule has 0 radical (unpaired) electrons. The predicted molar refractivity (Wildman–Crippen MR) is 105 cm³/mol. The number of carbonyl (C=O) groups excluding carboxylic acids is 2. The summed E-state index contributed by atoms with van der Waals surface area (Å²) in [6.45, 7) is 0.218. The van der Waals surface area contributed by atoms with Gasteiger partial charge in [-0.25, -0.2) is 17.5 Å². The summed E-state index contributed by atoms with van der Waals surface area (Å²) >= 11 is 0. The standard InChI is InChI=1S/C20H22N2O5S/c1-21(2)28(25,26)17-11-9-16(10-12-17)20(24)27-14-19(23)22-13-5-7-15-6-3-4-8-18(15)22/h3-4,6,8-12H,5,7,13-14H2,1-2H3. The SMILES string of the molecule is CN(C)S(=O)(=O)c1ccc(C(=O)OCC(=O)N2CCCc3ccccc32)cc1. The second kappa shape index (κ2) is 8.12. The maximum Gasteiger partial charge on any atom is 0.338 e. The van der Waals surface area contributed by atoms with Crippen LogP contribution in [0.1, 0.15) is 22.3 Å². The summed E-state index contributed by atoms with van der Waals surface area (Å²) in [6, 6.07) is 13.1. The van der Waals surface area contributed by atoms with E-state index < -0.39 is 16.0 Å². The normalized spacial score (nSPS) is 13.9. The Morgan fingerprint density at radius 2 is 1.75 bits per heavy atom. The van der Waals surface area contributed by atoms with Crippen molar-refractivity contribution in [2.45, 2.75) is 17.7 Å². The van der Waals surface area contributed by atoms with Gasteiger partial charge in [-0.1, -0.05) is 18.2 Å². The summed E-state index contributed by atoms with van der Waals surface area (Å²) < 4.78 is 30.4. The van der Waals surface area contributed by atoms with E-state index in [-0.39, 0.29) is 23.0 Å². The lowest BCUT2D eigenvalue weighted by Crippen LogP contribution is -2.38. The largest absolute Gasteiger partial charge is 0.452 e. The third kappa shape index (κ3) is 4.07. The average molecular weight is 402 g/mol. The number of carbonyl (C=O) groups is 2. The van der Waals surface area contributed by atoms with Crippen LogP contribution in [0.2, 0.25) is 0 Å². The van der Waals surface area contributed by atoms with Gasteiger partial charge in [0.2, 0.25) is 10.0 Å². The van der Waals surface area contributed by atoms with Gasteiger partial charge in [-0.3, -0.25) is 4.79 Å². The zero-order valence-corrected chi connectivity index (χ0v) is 16.6. The quantitative estimate of drug-likeness (QED) is 0.715. The van der Waals surface area contributed by atoms with Crippen LogP contribution >= 0.6 is 0 Å². The number of esters is 1. The van der Waals surface area contributed by atoms with Crippen molar-refractivity contribution in [3.05, 3.63) is 59.7 Å². The third-order valence-electron chi connectivity index (χ3n) is 4.61. The Morgan fingerprint density at radius 3 is 2.43 bits per heavy atom. The van der Waals surface area contributed by atoms with E-state index in [1.807, 2.05) is 24.3 Å². The van der Waals surface area contributed by atoms with Gasteiger partial charge in [-0.2, -0.15) is 0 Å². The van der Waals surface area contributed by atoms with Crippen molar-refractivity contribution in [1.82, 2.24) is 4.31 Å². The lowest BCUT2D eigenvalue weighted by Gasteiger charge is -2.29. The molecule has 0 fully saturated rings. The van der Waals surface area contributed by atoms with Crippen LogP contribution in [0.15, 0.2) is 53.4 Å². The first-order chi connectivity index (χ1) is 13.3. The van der Waals surface area contributed by atoms with Crippen LogP contribution in [0, 0.1) is 0 Å². The highest BCUT2D eigenvalue weighted by molar-refractivity contribution is 7.89. The minimum absolute atomic E-state index is 0.0788. The lowest BCUT2D eigenvalue weighted by atomic mass is 10.0. The molecular formula is C20H22N2O5S. The predicted octanol–water partition coefficient (Wildman–Crippen LogP) is 2.07. The molecule has 1 aliphatic rings. The van der Waals surface area contributed by atoms with E-state index >= 15 is 0 Å². The minimum atomic E-state index is -3.57. The number of hydrogen-bond acceptors (Lipinski definition) is 5. The number of para-hydroxylation sites is 1. The van der Waals surface area contributed by atoms with Crippen molar-refractivity contribution < 1.29 is 22.7 Å². The highest BCUT2D eigenvalue weighted by Gasteiger charge is 2.23. The molecule has 0 aliphatic carbocycles. The Hall–Kier alpha value is -2.71. The van der Waals surface area contributed by atoms with E-state index in [0.717, 1.165) is 28.4 Å².